The van der Waals surface area contributed by atoms with Gasteiger partial charge in [0, 0.05) is 31.9 Å². The van der Waals surface area contributed by atoms with Crippen molar-refractivity contribution in [1.29, 1.82) is 0 Å². The normalized spacial score (nSPS) is 12.0. The molecule has 0 saturated carbocycles. The highest BCUT2D eigenvalue weighted by atomic mass is 16.1. The summed E-state index contributed by atoms with van der Waals surface area (Å²) in [4.78, 5) is 11.1. The number of nitrogens with zero attached hydrogens (tertiary/aromatic N) is 2. The van der Waals surface area contributed by atoms with Crippen LogP contribution in [0.25, 0.3) is 0 Å². The molecule has 5 heteroatoms. The van der Waals surface area contributed by atoms with E-state index < -0.39 is 0 Å². The highest BCUT2D eigenvalue weighted by Gasteiger charge is 2.10. The third-order valence-corrected chi connectivity index (χ3v) is 3.09. The Labute approximate surface area is 119 Å². The second-order valence-corrected chi connectivity index (χ2v) is 4.97. The summed E-state index contributed by atoms with van der Waals surface area (Å²) < 4.78 is 1.79. The van der Waals surface area contributed by atoms with Gasteiger partial charge in [-0.25, -0.2) is 0 Å². The quantitative estimate of drug-likeness (QED) is 0.899. The van der Waals surface area contributed by atoms with E-state index in [9.17, 15) is 4.79 Å². The molecule has 0 fully saturated rings. The molecule has 1 aromatic carbocycles. The van der Waals surface area contributed by atoms with Gasteiger partial charge in [0.2, 0.25) is 5.91 Å². The highest BCUT2D eigenvalue weighted by molar-refractivity contribution is 5.88. The van der Waals surface area contributed by atoms with Gasteiger partial charge in [-0.05, 0) is 31.5 Å². The number of benzene rings is 1. The van der Waals surface area contributed by atoms with E-state index in [2.05, 4.69) is 22.7 Å². The summed E-state index contributed by atoms with van der Waals surface area (Å²) >= 11 is 0. The summed E-state index contributed by atoms with van der Waals surface area (Å²) in [5.74, 6) is -0.0640. The molecular weight excluding hydrogens is 252 g/mol. The molecule has 0 radical (unpaired) electrons. The molecule has 0 aliphatic heterocycles. The summed E-state index contributed by atoms with van der Waals surface area (Å²) in [6, 6.07) is 7.97. The van der Waals surface area contributed by atoms with Gasteiger partial charge >= 0.3 is 0 Å². The number of aromatic nitrogens is 2. The fourth-order valence-electron chi connectivity index (χ4n) is 2.15. The molecule has 0 aliphatic rings. The number of anilines is 2. The highest BCUT2D eigenvalue weighted by Crippen LogP contribution is 2.23. The van der Waals surface area contributed by atoms with E-state index >= 15 is 0 Å². The molecule has 20 heavy (non-hydrogen) atoms. The van der Waals surface area contributed by atoms with E-state index in [0.717, 1.165) is 22.6 Å². The smallest absolute Gasteiger partial charge is 0.221 e. The van der Waals surface area contributed by atoms with Crippen molar-refractivity contribution >= 4 is 17.3 Å². The van der Waals surface area contributed by atoms with Crippen molar-refractivity contribution in [2.75, 3.05) is 10.6 Å². The molecule has 1 aromatic heterocycles. The number of amides is 1. The number of aryl methyl sites for hydroxylation is 2. The fourth-order valence-corrected chi connectivity index (χ4v) is 2.15. The first-order chi connectivity index (χ1) is 9.45. The van der Waals surface area contributed by atoms with Crippen LogP contribution in [0.2, 0.25) is 0 Å². The molecule has 0 spiro atoms. The van der Waals surface area contributed by atoms with Gasteiger partial charge in [-0.3, -0.25) is 9.48 Å². The Kier molecular flexibility index (Phi) is 4.08. The van der Waals surface area contributed by atoms with E-state index in [-0.39, 0.29) is 11.9 Å². The Morgan fingerprint density at radius 1 is 1.40 bits per heavy atom. The summed E-state index contributed by atoms with van der Waals surface area (Å²) in [6.07, 6.45) is 1.96. The maximum atomic E-state index is 11.1. The minimum absolute atomic E-state index is 0.0640. The van der Waals surface area contributed by atoms with Gasteiger partial charge in [0.1, 0.15) is 0 Å². The zero-order valence-corrected chi connectivity index (χ0v) is 12.3. The molecule has 1 amide bonds. The average Bonchev–Trinajstić information content (AvgIpc) is 2.67. The Balaban J connectivity index is 2.14. The summed E-state index contributed by atoms with van der Waals surface area (Å²) in [5, 5.41) is 10.5. The van der Waals surface area contributed by atoms with Gasteiger partial charge in [-0.1, -0.05) is 12.1 Å². The fraction of sp³-hybridized carbons (Fsp3) is 0.333. The number of hydrogen-bond donors (Lipinski definition) is 2. The average molecular weight is 272 g/mol. The van der Waals surface area contributed by atoms with Crippen LogP contribution in [-0.2, 0) is 11.8 Å². The summed E-state index contributed by atoms with van der Waals surface area (Å²) in [7, 11) is 1.90. The molecule has 106 valence electrons. The van der Waals surface area contributed by atoms with Gasteiger partial charge in [-0.15, -0.1) is 0 Å². The summed E-state index contributed by atoms with van der Waals surface area (Å²) in [5.41, 5.74) is 3.91. The number of carbonyl (C=O) groups is 1. The van der Waals surface area contributed by atoms with Crippen LogP contribution in [0.3, 0.4) is 0 Å². The first-order valence-corrected chi connectivity index (χ1v) is 6.60. The Morgan fingerprint density at radius 2 is 2.15 bits per heavy atom. The second kappa shape index (κ2) is 5.77. The van der Waals surface area contributed by atoms with Gasteiger partial charge in [0.05, 0.1) is 11.4 Å². The Hall–Kier alpha value is -2.30. The van der Waals surface area contributed by atoms with Crippen molar-refractivity contribution in [2.24, 2.45) is 7.05 Å². The standard InChI is InChI=1S/C15H20N4O/c1-10(16-15-9-19(4)18-11(15)2)13-6-5-7-14(8-13)17-12(3)20/h5-10,16H,1-4H3,(H,17,20). The van der Waals surface area contributed by atoms with Gasteiger partial charge < -0.3 is 10.6 Å². The molecule has 0 saturated heterocycles. The third kappa shape index (κ3) is 3.38. The zero-order valence-electron chi connectivity index (χ0n) is 12.3. The van der Waals surface area contributed by atoms with Gasteiger partial charge in [-0.2, -0.15) is 5.10 Å². The minimum Gasteiger partial charge on any atom is -0.376 e. The Bertz CT molecular complexity index is 618. The lowest BCUT2D eigenvalue weighted by molar-refractivity contribution is -0.114. The van der Waals surface area contributed by atoms with E-state index in [0.29, 0.717) is 0 Å². The molecule has 1 atom stereocenters. The molecular formula is C15H20N4O. The van der Waals surface area contributed by atoms with E-state index in [1.54, 1.807) is 4.68 Å². The van der Waals surface area contributed by atoms with Crippen molar-refractivity contribution in [3.63, 3.8) is 0 Å². The SMILES string of the molecule is CC(=O)Nc1cccc(C(C)Nc2cn(C)nc2C)c1. The molecule has 0 aliphatic carbocycles. The molecule has 1 unspecified atom stereocenters. The predicted octanol–water partition coefficient (Wildman–Crippen LogP) is 2.86. The molecule has 2 aromatic rings. The lowest BCUT2D eigenvalue weighted by atomic mass is 10.1. The molecule has 1 heterocycles. The van der Waals surface area contributed by atoms with Crippen LogP contribution in [0, 0.1) is 6.92 Å². The number of nitrogens with one attached hydrogen (secondary N) is 2. The van der Waals surface area contributed by atoms with Crippen molar-refractivity contribution < 1.29 is 4.79 Å². The van der Waals surface area contributed by atoms with Crippen LogP contribution >= 0.6 is 0 Å². The van der Waals surface area contributed by atoms with Crippen LogP contribution in [0.4, 0.5) is 11.4 Å². The minimum atomic E-state index is -0.0640. The van der Waals surface area contributed by atoms with Crippen molar-refractivity contribution in [1.82, 2.24) is 9.78 Å². The lowest BCUT2D eigenvalue weighted by Gasteiger charge is -2.16. The Morgan fingerprint density at radius 3 is 2.75 bits per heavy atom. The number of hydrogen-bond acceptors (Lipinski definition) is 3. The maximum Gasteiger partial charge on any atom is 0.221 e. The monoisotopic (exact) mass is 272 g/mol. The predicted molar refractivity (Wildman–Crippen MR) is 80.7 cm³/mol. The molecule has 2 N–H and O–H groups in total. The third-order valence-electron chi connectivity index (χ3n) is 3.09. The van der Waals surface area contributed by atoms with Gasteiger partial charge in [0.15, 0.2) is 0 Å². The lowest BCUT2D eigenvalue weighted by Crippen LogP contribution is -2.09. The van der Waals surface area contributed by atoms with Crippen LogP contribution in [-0.4, -0.2) is 15.7 Å². The molecule has 2 rings (SSSR count). The topological polar surface area (TPSA) is 59.0 Å². The van der Waals surface area contributed by atoms with E-state index in [1.165, 1.54) is 6.92 Å². The molecule has 0 bridgehead atoms. The van der Waals surface area contributed by atoms with Crippen LogP contribution in [0.1, 0.15) is 31.1 Å². The van der Waals surface area contributed by atoms with E-state index in [1.807, 2.05) is 44.4 Å². The van der Waals surface area contributed by atoms with Crippen LogP contribution in [0.5, 0.6) is 0 Å². The molecule has 5 nitrogen and oxygen atoms in total. The second-order valence-electron chi connectivity index (χ2n) is 4.97. The van der Waals surface area contributed by atoms with Crippen molar-refractivity contribution in [2.45, 2.75) is 26.8 Å². The first-order valence-electron chi connectivity index (χ1n) is 6.60. The maximum absolute atomic E-state index is 11.1. The van der Waals surface area contributed by atoms with Crippen molar-refractivity contribution in [3.05, 3.63) is 41.7 Å². The first kappa shape index (κ1) is 14.1. The number of carbonyl (C=O) groups excluding carboxylic acids is 1. The van der Waals surface area contributed by atoms with Gasteiger partial charge in [0.25, 0.3) is 0 Å². The summed E-state index contributed by atoms with van der Waals surface area (Å²) in [6.45, 7) is 5.56. The van der Waals surface area contributed by atoms with E-state index in [4.69, 9.17) is 0 Å². The largest absolute Gasteiger partial charge is 0.376 e. The van der Waals surface area contributed by atoms with Crippen molar-refractivity contribution in [3.8, 4) is 0 Å². The number of rotatable bonds is 4. The van der Waals surface area contributed by atoms with Crippen LogP contribution in [0.15, 0.2) is 30.5 Å². The van der Waals surface area contributed by atoms with Crippen LogP contribution < -0.4 is 10.6 Å². The zero-order chi connectivity index (χ0) is 14.7.